The molecule has 3 rings (SSSR count). The number of amides is 2. The van der Waals surface area contributed by atoms with E-state index < -0.39 is 0 Å². The molecule has 1 heterocycles. The van der Waals surface area contributed by atoms with Crippen LogP contribution in [-0.2, 0) is 9.59 Å². The highest BCUT2D eigenvalue weighted by atomic mass is 32.2. The van der Waals surface area contributed by atoms with Crippen molar-refractivity contribution in [2.45, 2.75) is 38.0 Å². The molecule has 5 heteroatoms. The van der Waals surface area contributed by atoms with Crippen molar-refractivity contribution in [3.8, 4) is 0 Å². The fourth-order valence-electron chi connectivity index (χ4n) is 2.96. The molecule has 0 atom stereocenters. The standard InChI is InChI=1S/C21H24N2O2S/c1-15-8-9-19(13-16(15)2)26-12-10-20(24)22-17-5-3-6-18(14-17)23-11-4-7-21(23)25/h3,5-6,8-9,13-14H,4,7,10-12H2,1-2H3,(H,22,24). The summed E-state index contributed by atoms with van der Waals surface area (Å²) >= 11 is 1.69. The highest BCUT2D eigenvalue weighted by Crippen LogP contribution is 2.25. The van der Waals surface area contributed by atoms with Gasteiger partial charge in [-0.05, 0) is 61.7 Å². The topological polar surface area (TPSA) is 49.4 Å². The van der Waals surface area contributed by atoms with Gasteiger partial charge in [0.05, 0.1) is 0 Å². The summed E-state index contributed by atoms with van der Waals surface area (Å²) in [5.41, 5.74) is 4.15. The fourth-order valence-corrected chi connectivity index (χ4v) is 3.91. The lowest BCUT2D eigenvalue weighted by atomic mass is 10.1. The molecule has 4 nitrogen and oxygen atoms in total. The molecule has 1 aliphatic heterocycles. The number of thioether (sulfide) groups is 1. The Balaban J connectivity index is 1.51. The zero-order valence-corrected chi connectivity index (χ0v) is 16.1. The number of aryl methyl sites for hydroxylation is 2. The third-order valence-electron chi connectivity index (χ3n) is 4.59. The molecule has 136 valence electrons. The lowest BCUT2D eigenvalue weighted by Crippen LogP contribution is -2.23. The summed E-state index contributed by atoms with van der Waals surface area (Å²) < 4.78 is 0. The maximum Gasteiger partial charge on any atom is 0.227 e. The van der Waals surface area contributed by atoms with Gasteiger partial charge in [0, 0.05) is 41.4 Å². The Labute approximate surface area is 159 Å². The predicted octanol–water partition coefficient (Wildman–Crippen LogP) is 4.55. The predicted molar refractivity (Wildman–Crippen MR) is 108 cm³/mol. The van der Waals surface area contributed by atoms with E-state index in [1.165, 1.54) is 16.0 Å². The van der Waals surface area contributed by atoms with Crippen molar-refractivity contribution in [3.63, 3.8) is 0 Å². The number of carbonyl (C=O) groups excluding carboxylic acids is 2. The number of anilines is 2. The maximum absolute atomic E-state index is 12.2. The van der Waals surface area contributed by atoms with Crippen LogP contribution in [0.1, 0.15) is 30.4 Å². The van der Waals surface area contributed by atoms with Gasteiger partial charge < -0.3 is 10.2 Å². The second kappa shape index (κ2) is 8.41. The van der Waals surface area contributed by atoms with Crippen molar-refractivity contribution in [1.29, 1.82) is 0 Å². The smallest absolute Gasteiger partial charge is 0.227 e. The van der Waals surface area contributed by atoms with Crippen molar-refractivity contribution < 1.29 is 9.59 Å². The zero-order valence-electron chi connectivity index (χ0n) is 15.2. The lowest BCUT2D eigenvalue weighted by Gasteiger charge is -2.16. The second-order valence-electron chi connectivity index (χ2n) is 6.59. The van der Waals surface area contributed by atoms with Crippen LogP contribution in [0.4, 0.5) is 11.4 Å². The summed E-state index contributed by atoms with van der Waals surface area (Å²) in [6, 6.07) is 13.9. The normalized spacial score (nSPS) is 13.9. The molecule has 2 amide bonds. The quantitative estimate of drug-likeness (QED) is 0.761. The van der Waals surface area contributed by atoms with E-state index in [1.54, 1.807) is 16.7 Å². The first-order chi connectivity index (χ1) is 12.5. The Morgan fingerprint density at radius 2 is 2.00 bits per heavy atom. The van der Waals surface area contributed by atoms with Crippen molar-refractivity contribution in [2.75, 3.05) is 22.5 Å². The minimum Gasteiger partial charge on any atom is -0.326 e. The van der Waals surface area contributed by atoms with E-state index in [-0.39, 0.29) is 11.8 Å². The van der Waals surface area contributed by atoms with Crippen LogP contribution in [0, 0.1) is 13.8 Å². The number of nitrogens with zero attached hydrogens (tertiary/aromatic N) is 1. The third-order valence-corrected chi connectivity index (χ3v) is 5.59. The Hall–Kier alpha value is -2.27. The van der Waals surface area contributed by atoms with E-state index in [1.807, 2.05) is 24.3 Å². The Morgan fingerprint density at radius 3 is 2.73 bits per heavy atom. The number of carbonyl (C=O) groups is 2. The van der Waals surface area contributed by atoms with Gasteiger partial charge in [0.1, 0.15) is 0 Å². The summed E-state index contributed by atoms with van der Waals surface area (Å²) in [5, 5.41) is 2.94. The van der Waals surface area contributed by atoms with Gasteiger partial charge in [0.25, 0.3) is 0 Å². The van der Waals surface area contributed by atoms with Crippen LogP contribution in [0.15, 0.2) is 47.4 Å². The van der Waals surface area contributed by atoms with Gasteiger partial charge in [-0.3, -0.25) is 9.59 Å². The van der Waals surface area contributed by atoms with Crippen LogP contribution < -0.4 is 10.2 Å². The molecule has 0 bridgehead atoms. The summed E-state index contributed by atoms with van der Waals surface area (Å²) in [6.45, 7) is 4.95. The van der Waals surface area contributed by atoms with E-state index in [0.29, 0.717) is 12.8 Å². The monoisotopic (exact) mass is 368 g/mol. The third kappa shape index (κ3) is 4.67. The molecule has 0 aromatic heterocycles. The van der Waals surface area contributed by atoms with Crippen LogP contribution in [0.2, 0.25) is 0 Å². The molecule has 1 N–H and O–H groups in total. The van der Waals surface area contributed by atoms with Crippen molar-refractivity contribution >= 4 is 35.0 Å². The highest BCUT2D eigenvalue weighted by Gasteiger charge is 2.21. The van der Waals surface area contributed by atoms with E-state index in [9.17, 15) is 9.59 Å². The van der Waals surface area contributed by atoms with E-state index in [2.05, 4.69) is 37.4 Å². The summed E-state index contributed by atoms with van der Waals surface area (Å²) in [6.07, 6.45) is 1.95. The van der Waals surface area contributed by atoms with Gasteiger partial charge in [0.2, 0.25) is 11.8 Å². The van der Waals surface area contributed by atoms with Crippen LogP contribution in [-0.4, -0.2) is 24.1 Å². The molecular formula is C21H24N2O2S. The summed E-state index contributed by atoms with van der Waals surface area (Å²) in [5.74, 6) is 0.878. The first-order valence-corrected chi connectivity index (χ1v) is 9.92. The van der Waals surface area contributed by atoms with E-state index >= 15 is 0 Å². The molecule has 2 aromatic carbocycles. The maximum atomic E-state index is 12.2. The van der Waals surface area contributed by atoms with Crippen molar-refractivity contribution in [2.24, 2.45) is 0 Å². The van der Waals surface area contributed by atoms with Crippen LogP contribution in [0.5, 0.6) is 0 Å². The average Bonchev–Trinajstić information content (AvgIpc) is 3.04. The highest BCUT2D eigenvalue weighted by molar-refractivity contribution is 7.99. The van der Waals surface area contributed by atoms with E-state index in [4.69, 9.17) is 0 Å². The molecule has 1 aliphatic rings. The molecule has 2 aromatic rings. The number of hydrogen-bond acceptors (Lipinski definition) is 3. The minimum absolute atomic E-state index is 0.00812. The first kappa shape index (κ1) is 18.5. The fraction of sp³-hybridized carbons (Fsp3) is 0.333. The van der Waals surface area contributed by atoms with Gasteiger partial charge in [-0.1, -0.05) is 12.1 Å². The van der Waals surface area contributed by atoms with E-state index in [0.717, 1.165) is 30.1 Å². The van der Waals surface area contributed by atoms with Gasteiger partial charge >= 0.3 is 0 Å². The number of hydrogen-bond donors (Lipinski definition) is 1. The molecule has 0 spiro atoms. The Kier molecular flexibility index (Phi) is 5.99. The largest absolute Gasteiger partial charge is 0.326 e. The molecule has 0 unspecified atom stereocenters. The zero-order chi connectivity index (χ0) is 18.5. The van der Waals surface area contributed by atoms with Gasteiger partial charge in [-0.15, -0.1) is 11.8 Å². The van der Waals surface area contributed by atoms with Crippen molar-refractivity contribution in [3.05, 3.63) is 53.6 Å². The van der Waals surface area contributed by atoms with Crippen LogP contribution >= 0.6 is 11.8 Å². The van der Waals surface area contributed by atoms with Gasteiger partial charge in [-0.25, -0.2) is 0 Å². The molecule has 26 heavy (non-hydrogen) atoms. The molecular weight excluding hydrogens is 344 g/mol. The molecule has 1 saturated heterocycles. The van der Waals surface area contributed by atoms with Crippen molar-refractivity contribution in [1.82, 2.24) is 0 Å². The first-order valence-electron chi connectivity index (χ1n) is 8.93. The van der Waals surface area contributed by atoms with Gasteiger partial charge in [0.15, 0.2) is 0 Å². The summed E-state index contributed by atoms with van der Waals surface area (Å²) in [4.78, 5) is 27.1. The van der Waals surface area contributed by atoms with Gasteiger partial charge in [-0.2, -0.15) is 0 Å². The second-order valence-corrected chi connectivity index (χ2v) is 7.76. The Bertz CT molecular complexity index is 819. The average molecular weight is 369 g/mol. The molecule has 1 fully saturated rings. The molecule has 0 radical (unpaired) electrons. The number of nitrogens with one attached hydrogen (secondary N) is 1. The molecule has 0 aliphatic carbocycles. The molecule has 0 saturated carbocycles. The summed E-state index contributed by atoms with van der Waals surface area (Å²) in [7, 11) is 0. The Morgan fingerprint density at radius 1 is 1.15 bits per heavy atom. The van der Waals surface area contributed by atoms with Crippen LogP contribution in [0.25, 0.3) is 0 Å². The lowest BCUT2D eigenvalue weighted by molar-refractivity contribution is -0.117. The van der Waals surface area contributed by atoms with Crippen LogP contribution in [0.3, 0.4) is 0 Å². The SMILES string of the molecule is Cc1ccc(SCCC(=O)Nc2cccc(N3CCCC3=O)c2)cc1C. The number of benzene rings is 2. The minimum atomic E-state index is -0.00812. The number of rotatable bonds is 6.